The van der Waals surface area contributed by atoms with Gasteiger partial charge in [0.25, 0.3) is 0 Å². The highest BCUT2D eigenvalue weighted by Gasteiger charge is 2.09. The Morgan fingerprint density at radius 1 is 1.41 bits per heavy atom. The number of anilines is 1. The third kappa shape index (κ3) is 4.87. The Bertz CT molecular complexity index is 490. The van der Waals surface area contributed by atoms with Gasteiger partial charge in [-0.05, 0) is 0 Å². The number of hydrogen-bond donors (Lipinski definition) is 0. The molecule has 1 rings (SSSR count). The van der Waals surface area contributed by atoms with Crippen LogP contribution in [0.3, 0.4) is 0 Å². The molecule has 5 nitrogen and oxygen atoms in total. The van der Waals surface area contributed by atoms with Gasteiger partial charge >= 0.3 is 0 Å². The van der Waals surface area contributed by atoms with Gasteiger partial charge in [0, 0.05) is 32.3 Å². The van der Waals surface area contributed by atoms with E-state index in [9.17, 15) is 8.42 Å². The summed E-state index contributed by atoms with van der Waals surface area (Å²) in [6.45, 7) is 2.32. The minimum absolute atomic E-state index is 0.0899. The average Bonchev–Trinajstić information content (AvgIpc) is 2.23. The van der Waals surface area contributed by atoms with Crippen LogP contribution in [0.1, 0.15) is 12.7 Å². The summed E-state index contributed by atoms with van der Waals surface area (Å²) in [5, 5.41) is 0.373. The van der Waals surface area contributed by atoms with E-state index in [1.165, 1.54) is 6.26 Å². The van der Waals surface area contributed by atoms with Gasteiger partial charge in [0.2, 0.25) is 0 Å². The number of hydrogen-bond acceptors (Lipinski definition) is 5. The summed E-state index contributed by atoms with van der Waals surface area (Å²) in [6, 6.07) is 1.63. The van der Waals surface area contributed by atoms with Gasteiger partial charge in [-0.2, -0.15) is 0 Å². The molecule has 0 aliphatic heterocycles. The fraction of sp³-hybridized carbons (Fsp3) is 0.600. The number of halogens is 1. The lowest BCUT2D eigenvalue weighted by atomic mass is 10.4. The molecule has 0 aliphatic rings. The van der Waals surface area contributed by atoms with E-state index in [4.69, 9.17) is 11.6 Å². The smallest absolute Gasteiger partial charge is 0.149 e. The molecule has 1 aromatic heterocycles. The van der Waals surface area contributed by atoms with Crippen molar-refractivity contribution in [1.82, 2.24) is 9.97 Å². The molecule has 0 unspecified atom stereocenters. The van der Waals surface area contributed by atoms with Crippen molar-refractivity contribution in [3.05, 3.63) is 17.0 Å². The first kappa shape index (κ1) is 14.2. The fourth-order valence-electron chi connectivity index (χ4n) is 1.22. The van der Waals surface area contributed by atoms with Gasteiger partial charge in [0.05, 0.1) is 5.75 Å². The zero-order valence-corrected chi connectivity index (χ0v) is 11.7. The number of aryl methyl sites for hydroxylation is 1. The topological polar surface area (TPSA) is 63.2 Å². The lowest BCUT2D eigenvalue weighted by Gasteiger charge is -2.18. The van der Waals surface area contributed by atoms with E-state index in [0.29, 0.717) is 29.8 Å². The Labute approximate surface area is 107 Å². The summed E-state index contributed by atoms with van der Waals surface area (Å²) >= 11 is 5.87. The lowest BCUT2D eigenvalue weighted by Crippen LogP contribution is -2.26. The largest absolute Gasteiger partial charge is 0.359 e. The summed E-state index contributed by atoms with van der Waals surface area (Å²) in [5.41, 5.74) is 0. The van der Waals surface area contributed by atoms with Crippen LogP contribution in [0.2, 0.25) is 5.15 Å². The monoisotopic (exact) mass is 277 g/mol. The zero-order valence-electron chi connectivity index (χ0n) is 10.1. The normalized spacial score (nSPS) is 11.5. The van der Waals surface area contributed by atoms with Gasteiger partial charge in [0.1, 0.15) is 26.6 Å². The zero-order chi connectivity index (χ0) is 13.1. The van der Waals surface area contributed by atoms with Gasteiger partial charge < -0.3 is 4.90 Å². The molecule has 0 aromatic carbocycles. The molecule has 0 N–H and O–H groups in total. The number of sulfone groups is 1. The molecule has 17 heavy (non-hydrogen) atoms. The van der Waals surface area contributed by atoms with Crippen molar-refractivity contribution in [3.63, 3.8) is 0 Å². The summed E-state index contributed by atoms with van der Waals surface area (Å²) < 4.78 is 22.1. The van der Waals surface area contributed by atoms with E-state index < -0.39 is 9.84 Å². The van der Waals surface area contributed by atoms with Crippen LogP contribution in [0.4, 0.5) is 5.82 Å². The molecule has 96 valence electrons. The molecule has 0 radical (unpaired) electrons. The highest BCUT2D eigenvalue weighted by Crippen LogP contribution is 2.15. The number of rotatable bonds is 5. The fourth-order valence-corrected chi connectivity index (χ4v) is 2.02. The SMILES string of the molecule is CCc1nc(Cl)cc(N(C)CCS(C)(=O)=O)n1. The Kier molecular flexibility index (Phi) is 4.70. The molecule has 0 fully saturated rings. The highest BCUT2D eigenvalue weighted by atomic mass is 35.5. The predicted octanol–water partition coefficient (Wildman–Crippen LogP) is 1.17. The second kappa shape index (κ2) is 5.64. The van der Waals surface area contributed by atoms with Crippen LogP contribution in [0.15, 0.2) is 6.07 Å². The first-order valence-corrected chi connectivity index (χ1v) is 7.68. The number of nitrogens with zero attached hydrogens (tertiary/aromatic N) is 3. The van der Waals surface area contributed by atoms with Crippen LogP contribution >= 0.6 is 11.6 Å². The van der Waals surface area contributed by atoms with E-state index in [1.807, 2.05) is 6.92 Å². The van der Waals surface area contributed by atoms with Crippen molar-refractivity contribution >= 4 is 27.3 Å². The highest BCUT2D eigenvalue weighted by molar-refractivity contribution is 7.90. The predicted molar refractivity (Wildman–Crippen MR) is 69.4 cm³/mol. The maximum atomic E-state index is 11.1. The van der Waals surface area contributed by atoms with E-state index >= 15 is 0 Å². The molecule has 0 amide bonds. The first-order valence-electron chi connectivity index (χ1n) is 5.24. The van der Waals surface area contributed by atoms with E-state index in [1.54, 1.807) is 18.0 Å². The van der Waals surface area contributed by atoms with Gasteiger partial charge in [-0.25, -0.2) is 18.4 Å². The molecule has 0 spiro atoms. The van der Waals surface area contributed by atoms with Crippen LogP contribution < -0.4 is 4.90 Å². The van der Waals surface area contributed by atoms with Crippen molar-refractivity contribution in [3.8, 4) is 0 Å². The van der Waals surface area contributed by atoms with Gasteiger partial charge in [-0.3, -0.25) is 0 Å². The van der Waals surface area contributed by atoms with Crippen LogP contribution in [-0.2, 0) is 16.3 Å². The lowest BCUT2D eigenvalue weighted by molar-refractivity contribution is 0.601. The third-order valence-corrected chi connectivity index (χ3v) is 3.35. The van der Waals surface area contributed by atoms with Crippen LogP contribution in [0, 0.1) is 0 Å². The first-order chi connectivity index (χ1) is 7.81. The Morgan fingerprint density at radius 2 is 2.06 bits per heavy atom. The summed E-state index contributed by atoms with van der Waals surface area (Å²) in [4.78, 5) is 10.1. The van der Waals surface area contributed by atoms with Gasteiger partial charge in [0.15, 0.2) is 0 Å². The molecule has 0 atom stereocenters. The quantitative estimate of drug-likeness (QED) is 0.756. The van der Waals surface area contributed by atoms with E-state index in [0.717, 1.165) is 0 Å². The second-order valence-electron chi connectivity index (χ2n) is 3.87. The molecular weight excluding hydrogens is 262 g/mol. The molecular formula is C10H16ClN3O2S. The summed E-state index contributed by atoms with van der Waals surface area (Å²) in [7, 11) is -1.19. The van der Waals surface area contributed by atoms with Crippen molar-refractivity contribution in [2.24, 2.45) is 0 Å². The average molecular weight is 278 g/mol. The second-order valence-corrected chi connectivity index (χ2v) is 6.52. The van der Waals surface area contributed by atoms with E-state index in [-0.39, 0.29) is 5.75 Å². The number of aromatic nitrogens is 2. The molecule has 0 bridgehead atoms. The van der Waals surface area contributed by atoms with Crippen molar-refractivity contribution in [2.45, 2.75) is 13.3 Å². The van der Waals surface area contributed by atoms with E-state index in [2.05, 4.69) is 9.97 Å². The van der Waals surface area contributed by atoms with Crippen molar-refractivity contribution < 1.29 is 8.42 Å². The van der Waals surface area contributed by atoms with Crippen molar-refractivity contribution in [1.29, 1.82) is 0 Å². The van der Waals surface area contributed by atoms with Crippen LogP contribution in [0.25, 0.3) is 0 Å². The minimum Gasteiger partial charge on any atom is -0.359 e. The van der Waals surface area contributed by atoms with Crippen LogP contribution in [-0.4, -0.2) is 44.0 Å². The molecule has 1 aromatic rings. The third-order valence-electron chi connectivity index (χ3n) is 2.23. The van der Waals surface area contributed by atoms with Gasteiger partial charge in [-0.1, -0.05) is 18.5 Å². The minimum atomic E-state index is -2.97. The maximum Gasteiger partial charge on any atom is 0.149 e. The summed E-state index contributed by atoms with van der Waals surface area (Å²) in [6.07, 6.45) is 1.90. The molecule has 1 heterocycles. The molecule has 0 aliphatic carbocycles. The Balaban J connectivity index is 2.81. The van der Waals surface area contributed by atoms with Crippen LogP contribution in [0.5, 0.6) is 0 Å². The Morgan fingerprint density at radius 3 is 2.59 bits per heavy atom. The van der Waals surface area contributed by atoms with Crippen molar-refractivity contribution in [2.75, 3.05) is 30.5 Å². The van der Waals surface area contributed by atoms with Gasteiger partial charge in [-0.15, -0.1) is 0 Å². The summed E-state index contributed by atoms with van der Waals surface area (Å²) in [5.74, 6) is 1.39. The molecule has 0 saturated carbocycles. The molecule has 0 saturated heterocycles. The standard InChI is InChI=1S/C10H16ClN3O2S/c1-4-9-12-8(11)7-10(13-9)14(2)5-6-17(3,15)16/h7H,4-6H2,1-3H3. The maximum absolute atomic E-state index is 11.1. The Hall–Kier alpha value is -0.880. The molecule has 7 heteroatoms.